The molecule has 0 radical (unpaired) electrons. The Morgan fingerprint density at radius 3 is 0.925 bits per heavy atom. The quantitative estimate of drug-likeness (QED) is 0.0262. The van der Waals surface area contributed by atoms with Crippen LogP contribution < -0.4 is 0 Å². The molecule has 1 atom stereocenters. The molecule has 0 fully saturated rings. The number of allylic oxidation sites excluding steroid dienone is 16. The number of unbranched alkanes of at least 4 members (excludes halogenated alkanes) is 22. The summed E-state index contributed by atoms with van der Waals surface area (Å²) in [5, 5.41) is 0. The van der Waals surface area contributed by atoms with Gasteiger partial charge >= 0.3 is 17.9 Å². The van der Waals surface area contributed by atoms with Crippen molar-refractivity contribution in [3.63, 3.8) is 0 Å². The van der Waals surface area contributed by atoms with Gasteiger partial charge in [0, 0.05) is 19.3 Å². The molecule has 6 heteroatoms. The van der Waals surface area contributed by atoms with Gasteiger partial charge in [0.15, 0.2) is 6.10 Å². The lowest BCUT2D eigenvalue weighted by Gasteiger charge is -2.18. The van der Waals surface area contributed by atoms with Gasteiger partial charge in [0.25, 0.3) is 0 Å². The van der Waals surface area contributed by atoms with Gasteiger partial charge in [-0.3, -0.25) is 14.4 Å². The minimum Gasteiger partial charge on any atom is -0.462 e. The van der Waals surface area contributed by atoms with Crippen molar-refractivity contribution in [2.75, 3.05) is 13.2 Å². The summed E-state index contributed by atoms with van der Waals surface area (Å²) in [6.07, 6.45) is 72.5. The Hall–Kier alpha value is -3.67. The van der Waals surface area contributed by atoms with Crippen molar-refractivity contribution in [3.05, 3.63) is 97.2 Å². The standard InChI is InChI=1S/C61H102O6/c1-4-7-10-13-16-19-22-25-28-30-33-36-39-42-45-48-51-54-60(63)66-57-58(56-65-59(62)53-50-47-44-41-38-35-32-27-24-21-18-15-12-9-6-3)67-61(64)55-52-49-46-43-40-37-34-31-29-26-23-20-17-14-11-8-5-2/h8-9,11-12,17-18,20-21,25-29,32,34,37,58H,4-7,10,13-16,19,22-24,30-31,33,35-36,38-57H2,1-3H3/b11-8-,12-9-,20-17-,21-18-,28-25-,29-26-,32-27-,37-34-/t58-/m1/s1. The highest BCUT2D eigenvalue weighted by molar-refractivity contribution is 5.71. The molecule has 0 aliphatic heterocycles. The third-order valence-corrected chi connectivity index (χ3v) is 11.6. The second-order valence-corrected chi connectivity index (χ2v) is 18.1. The summed E-state index contributed by atoms with van der Waals surface area (Å²) >= 11 is 0. The van der Waals surface area contributed by atoms with Gasteiger partial charge in [0.1, 0.15) is 13.2 Å². The number of carbonyl (C=O) groups excluding carboxylic acids is 3. The summed E-state index contributed by atoms with van der Waals surface area (Å²) in [5.74, 6) is -0.940. The number of hydrogen-bond acceptors (Lipinski definition) is 6. The first-order valence-corrected chi connectivity index (χ1v) is 27.7. The predicted octanol–water partition coefficient (Wildman–Crippen LogP) is 18.5. The number of carbonyl (C=O) groups is 3. The first-order chi connectivity index (χ1) is 33.0. The molecular formula is C61H102O6. The normalized spacial score (nSPS) is 12.8. The molecule has 0 saturated heterocycles. The van der Waals surface area contributed by atoms with Crippen LogP contribution in [0, 0.1) is 0 Å². The van der Waals surface area contributed by atoms with E-state index in [4.69, 9.17) is 14.2 Å². The fourth-order valence-corrected chi connectivity index (χ4v) is 7.44. The Bertz CT molecular complexity index is 1350. The van der Waals surface area contributed by atoms with E-state index >= 15 is 0 Å². The number of hydrogen-bond donors (Lipinski definition) is 0. The van der Waals surface area contributed by atoms with Gasteiger partial charge in [-0.25, -0.2) is 0 Å². The first kappa shape index (κ1) is 63.3. The highest BCUT2D eigenvalue weighted by Crippen LogP contribution is 2.14. The molecule has 6 nitrogen and oxygen atoms in total. The van der Waals surface area contributed by atoms with Crippen molar-refractivity contribution < 1.29 is 28.6 Å². The van der Waals surface area contributed by atoms with Crippen LogP contribution in [-0.2, 0) is 28.6 Å². The van der Waals surface area contributed by atoms with Crippen LogP contribution in [0.3, 0.4) is 0 Å². The van der Waals surface area contributed by atoms with Crippen molar-refractivity contribution in [1.82, 2.24) is 0 Å². The van der Waals surface area contributed by atoms with Crippen LogP contribution in [0.2, 0.25) is 0 Å². The van der Waals surface area contributed by atoms with Crippen molar-refractivity contribution in [1.29, 1.82) is 0 Å². The Kier molecular flexibility index (Phi) is 51.9. The fourth-order valence-electron chi connectivity index (χ4n) is 7.44. The van der Waals surface area contributed by atoms with Crippen molar-refractivity contribution >= 4 is 17.9 Å². The van der Waals surface area contributed by atoms with E-state index in [0.717, 1.165) is 135 Å². The van der Waals surface area contributed by atoms with Crippen LogP contribution in [0.1, 0.15) is 252 Å². The maximum atomic E-state index is 12.8. The zero-order valence-corrected chi connectivity index (χ0v) is 43.6. The van der Waals surface area contributed by atoms with Crippen LogP contribution >= 0.6 is 0 Å². The highest BCUT2D eigenvalue weighted by Gasteiger charge is 2.19. The van der Waals surface area contributed by atoms with Gasteiger partial charge in [0.05, 0.1) is 0 Å². The zero-order valence-electron chi connectivity index (χ0n) is 43.6. The Labute approximate surface area is 413 Å². The van der Waals surface area contributed by atoms with Gasteiger partial charge in [-0.2, -0.15) is 0 Å². The van der Waals surface area contributed by atoms with Crippen LogP contribution in [0.4, 0.5) is 0 Å². The summed E-state index contributed by atoms with van der Waals surface area (Å²) in [4.78, 5) is 38.1. The lowest BCUT2D eigenvalue weighted by atomic mass is 10.1. The second kappa shape index (κ2) is 54.9. The molecule has 0 rings (SSSR count). The monoisotopic (exact) mass is 931 g/mol. The smallest absolute Gasteiger partial charge is 0.306 e. The summed E-state index contributed by atoms with van der Waals surface area (Å²) in [6, 6.07) is 0. The molecule has 382 valence electrons. The largest absolute Gasteiger partial charge is 0.462 e. The van der Waals surface area contributed by atoms with Gasteiger partial charge in [0.2, 0.25) is 0 Å². The zero-order chi connectivity index (χ0) is 48.6. The molecular weight excluding hydrogens is 829 g/mol. The minimum atomic E-state index is -0.801. The Balaban J connectivity index is 4.47. The molecule has 0 amide bonds. The van der Waals surface area contributed by atoms with E-state index in [0.29, 0.717) is 19.3 Å². The van der Waals surface area contributed by atoms with Crippen molar-refractivity contribution in [3.8, 4) is 0 Å². The van der Waals surface area contributed by atoms with E-state index in [1.807, 2.05) is 0 Å². The first-order valence-electron chi connectivity index (χ1n) is 27.7. The summed E-state index contributed by atoms with van der Waals surface area (Å²) in [5.41, 5.74) is 0. The Morgan fingerprint density at radius 2 is 0.582 bits per heavy atom. The number of rotatable bonds is 49. The maximum Gasteiger partial charge on any atom is 0.306 e. The van der Waals surface area contributed by atoms with Gasteiger partial charge in [-0.05, 0) is 116 Å². The molecule has 0 aromatic carbocycles. The summed E-state index contributed by atoms with van der Waals surface area (Å²) in [7, 11) is 0. The van der Waals surface area contributed by atoms with E-state index in [2.05, 4.69) is 118 Å². The van der Waals surface area contributed by atoms with Crippen LogP contribution in [0.5, 0.6) is 0 Å². The minimum absolute atomic E-state index is 0.0961. The van der Waals surface area contributed by atoms with Crippen LogP contribution in [0.15, 0.2) is 97.2 Å². The third-order valence-electron chi connectivity index (χ3n) is 11.6. The molecule has 0 unspecified atom stereocenters. The van der Waals surface area contributed by atoms with E-state index in [1.54, 1.807) is 0 Å². The van der Waals surface area contributed by atoms with E-state index in [1.165, 1.54) is 77.0 Å². The van der Waals surface area contributed by atoms with Gasteiger partial charge < -0.3 is 14.2 Å². The lowest BCUT2D eigenvalue weighted by Crippen LogP contribution is -2.30. The second-order valence-electron chi connectivity index (χ2n) is 18.1. The SMILES string of the molecule is CC/C=C\C/C=C\C/C=C\C/C=C\CCCCCCC(=O)O[C@H](COC(=O)CCCCCCC/C=C\C/C=C\C/C=C\CC)COC(=O)CCCCCCCCC/C=C\CCCCCCCC. The fraction of sp³-hybridized carbons (Fsp3) is 0.689. The Morgan fingerprint density at radius 1 is 0.313 bits per heavy atom. The highest BCUT2D eigenvalue weighted by atomic mass is 16.6. The van der Waals surface area contributed by atoms with E-state index in [-0.39, 0.29) is 31.1 Å². The average Bonchev–Trinajstić information content (AvgIpc) is 3.33. The average molecular weight is 931 g/mol. The molecule has 0 aliphatic rings. The van der Waals surface area contributed by atoms with E-state index < -0.39 is 6.10 Å². The predicted molar refractivity (Wildman–Crippen MR) is 288 cm³/mol. The molecule has 0 aromatic heterocycles. The van der Waals surface area contributed by atoms with Crippen molar-refractivity contribution in [2.45, 2.75) is 258 Å². The molecule has 0 saturated carbocycles. The third kappa shape index (κ3) is 53.2. The molecule has 0 aliphatic carbocycles. The van der Waals surface area contributed by atoms with Gasteiger partial charge in [-0.15, -0.1) is 0 Å². The number of ether oxygens (including phenoxy) is 3. The molecule has 0 aromatic rings. The molecule has 0 N–H and O–H groups in total. The summed E-state index contributed by atoms with van der Waals surface area (Å²) < 4.78 is 16.8. The topological polar surface area (TPSA) is 78.9 Å². The molecule has 0 bridgehead atoms. The summed E-state index contributed by atoms with van der Waals surface area (Å²) in [6.45, 7) is 6.37. The van der Waals surface area contributed by atoms with E-state index in [9.17, 15) is 14.4 Å². The molecule has 0 spiro atoms. The molecule has 67 heavy (non-hydrogen) atoms. The number of esters is 3. The van der Waals surface area contributed by atoms with Crippen molar-refractivity contribution in [2.24, 2.45) is 0 Å². The lowest BCUT2D eigenvalue weighted by molar-refractivity contribution is -0.167. The van der Waals surface area contributed by atoms with Crippen LogP contribution in [0.25, 0.3) is 0 Å². The van der Waals surface area contributed by atoms with Gasteiger partial charge in [-0.1, -0.05) is 214 Å². The molecule has 0 heterocycles. The maximum absolute atomic E-state index is 12.8. The van der Waals surface area contributed by atoms with Crippen LogP contribution in [-0.4, -0.2) is 37.2 Å².